The zero-order chi connectivity index (χ0) is 13.8. The number of likely N-dealkylation sites (tertiary alicyclic amines) is 1. The second kappa shape index (κ2) is 6.48. The molecule has 19 heavy (non-hydrogen) atoms. The number of hydrogen-bond acceptors (Lipinski definition) is 5. The van der Waals surface area contributed by atoms with Crippen molar-refractivity contribution in [3.05, 3.63) is 11.3 Å². The molecule has 0 aliphatic carbocycles. The molecule has 1 aliphatic rings. The number of nitrogens with zero attached hydrogens (tertiary/aromatic N) is 2. The zero-order valence-corrected chi connectivity index (χ0v) is 12.8. The molecule has 0 atom stereocenters. The van der Waals surface area contributed by atoms with Gasteiger partial charge >= 0.3 is 0 Å². The monoisotopic (exact) mass is 281 g/mol. The maximum absolute atomic E-state index is 11.6. The Morgan fingerprint density at radius 3 is 2.74 bits per heavy atom. The summed E-state index contributed by atoms with van der Waals surface area (Å²) in [5.74, 6) is 0.819. The van der Waals surface area contributed by atoms with Crippen molar-refractivity contribution in [2.24, 2.45) is 5.92 Å². The van der Waals surface area contributed by atoms with Crippen LogP contribution in [-0.4, -0.2) is 41.2 Å². The Balaban J connectivity index is 1.88. The highest BCUT2D eigenvalue weighted by Gasteiger charge is 2.20. The predicted molar refractivity (Wildman–Crippen MR) is 80.2 cm³/mol. The fourth-order valence-electron chi connectivity index (χ4n) is 2.65. The molecule has 2 heterocycles. The maximum Gasteiger partial charge on any atom is 0.164 e. The van der Waals surface area contributed by atoms with E-state index in [1.165, 1.54) is 37.5 Å². The number of ketones is 1. The molecule has 0 spiro atoms. The van der Waals surface area contributed by atoms with Crippen molar-refractivity contribution in [2.75, 3.05) is 31.5 Å². The molecule has 5 heteroatoms. The van der Waals surface area contributed by atoms with E-state index in [1.54, 1.807) is 6.92 Å². The summed E-state index contributed by atoms with van der Waals surface area (Å²) >= 11 is 1.41. The zero-order valence-electron chi connectivity index (χ0n) is 12.0. The Bertz CT molecular complexity index is 436. The molecule has 106 valence electrons. The smallest absolute Gasteiger partial charge is 0.164 e. The molecule has 1 aromatic heterocycles. The molecule has 0 radical (unpaired) electrons. The van der Waals surface area contributed by atoms with E-state index >= 15 is 0 Å². The molecule has 1 fully saturated rings. The van der Waals surface area contributed by atoms with E-state index in [0.29, 0.717) is 5.92 Å². The number of hydrogen-bond donors (Lipinski definition) is 1. The van der Waals surface area contributed by atoms with Crippen molar-refractivity contribution in [2.45, 2.75) is 33.6 Å². The Kier molecular flexibility index (Phi) is 4.93. The molecular formula is C14H23N3OS. The lowest BCUT2D eigenvalue weighted by molar-refractivity contribution is 0.101. The largest absolute Gasteiger partial charge is 0.375 e. The van der Waals surface area contributed by atoms with Gasteiger partial charge in [0.25, 0.3) is 0 Å². The Morgan fingerprint density at radius 2 is 2.16 bits per heavy atom. The average Bonchev–Trinajstić information content (AvgIpc) is 2.78. The van der Waals surface area contributed by atoms with E-state index in [4.69, 9.17) is 0 Å². The van der Waals surface area contributed by atoms with Crippen molar-refractivity contribution in [1.29, 1.82) is 0 Å². The minimum atomic E-state index is 0.106. The third kappa shape index (κ3) is 3.54. The molecule has 0 unspecified atom stereocenters. The summed E-state index contributed by atoms with van der Waals surface area (Å²) in [4.78, 5) is 14.1. The molecule has 2 rings (SSSR count). The van der Waals surface area contributed by atoms with Crippen molar-refractivity contribution in [1.82, 2.24) is 9.27 Å². The number of aryl methyl sites for hydroxylation is 1. The standard InChI is InChI=1S/C14H23N3OS/c1-4-17-7-5-12(6-8-17)9-15-14-13(11(3)18)10(2)16-19-14/h12,15H,4-9H2,1-3H3. The first-order chi connectivity index (χ1) is 9.11. The van der Waals surface area contributed by atoms with Gasteiger partial charge in [0.05, 0.1) is 11.3 Å². The van der Waals surface area contributed by atoms with Crippen LogP contribution in [0.1, 0.15) is 42.7 Å². The van der Waals surface area contributed by atoms with Crippen LogP contribution in [-0.2, 0) is 0 Å². The van der Waals surface area contributed by atoms with Gasteiger partial charge in [-0.25, -0.2) is 0 Å². The maximum atomic E-state index is 11.6. The van der Waals surface area contributed by atoms with Crippen LogP contribution in [0.3, 0.4) is 0 Å². The molecule has 0 amide bonds. The Hall–Kier alpha value is -0.940. The fourth-order valence-corrected chi connectivity index (χ4v) is 3.50. The Morgan fingerprint density at radius 1 is 1.47 bits per heavy atom. The summed E-state index contributed by atoms with van der Waals surface area (Å²) in [5, 5.41) is 4.38. The molecular weight excluding hydrogens is 258 g/mol. The van der Waals surface area contributed by atoms with E-state index in [2.05, 4.69) is 21.5 Å². The number of aromatic nitrogens is 1. The van der Waals surface area contributed by atoms with E-state index in [-0.39, 0.29) is 5.78 Å². The van der Waals surface area contributed by atoms with Crippen molar-refractivity contribution in [3.8, 4) is 0 Å². The molecule has 0 bridgehead atoms. The van der Waals surface area contributed by atoms with Crippen LogP contribution >= 0.6 is 11.5 Å². The van der Waals surface area contributed by atoms with Gasteiger partial charge in [-0.15, -0.1) is 0 Å². The predicted octanol–water partition coefficient (Wildman–Crippen LogP) is 2.80. The number of nitrogens with one attached hydrogen (secondary N) is 1. The fraction of sp³-hybridized carbons (Fsp3) is 0.714. The van der Waals surface area contributed by atoms with Gasteiger partial charge in [-0.3, -0.25) is 4.79 Å². The lowest BCUT2D eigenvalue weighted by Crippen LogP contribution is -2.35. The SMILES string of the molecule is CCN1CCC(CNc2snc(C)c2C(C)=O)CC1. The summed E-state index contributed by atoms with van der Waals surface area (Å²) in [6.07, 6.45) is 2.49. The molecule has 1 saturated heterocycles. The van der Waals surface area contributed by atoms with Crippen molar-refractivity contribution >= 4 is 22.3 Å². The number of anilines is 1. The first-order valence-electron chi connectivity index (χ1n) is 7.05. The van der Waals surface area contributed by atoms with Crippen LogP contribution in [0.15, 0.2) is 0 Å². The Labute approximate surface area is 119 Å². The van der Waals surface area contributed by atoms with E-state index in [9.17, 15) is 4.79 Å². The van der Waals surface area contributed by atoms with E-state index < -0.39 is 0 Å². The average molecular weight is 281 g/mol. The molecule has 1 N–H and O–H groups in total. The highest BCUT2D eigenvalue weighted by molar-refractivity contribution is 7.10. The van der Waals surface area contributed by atoms with Crippen LogP contribution in [0.5, 0.6) is 0 Å². The van der Waals surface area contributed by atoms with Crippen LogP contribution in [0.25, 0.3) is 0 Å². The lowest BCUT2D eigenvalue weighted by Gasteiger charge is -2.31. The second-order valence-electron chi connectivity index (χ2n) is 5.29. The quantitative estimate of drug-likeness (QED) is 0.843. The normalized spacial score (nSPS) is 17.6. The van der Waals surface area contributed by atoms with Crippen molar-refractivity contribution < 1.29 is 4.79 Å². The van der Waals surface area contributed by atoms with Gasteiger partial charge in [0.2, 0.25) is 0 Å². The highest BCUT2D eigenvalue weighted by atomic mass is 32.1. The third-order valence-corrected chi connectivity index (χ3v) is 4.82. The first-order valence-corrected chi connectivity index (χ1v) is 7.82. The van der Waals surface area contributed by atoms with Crippen LogP contribution in [0.4, 0.5) is 5.00 Å². The summed E-state index contributed by atoms with van der Waals surface area (Å²) in [6.45, 7) is 10.2. The molecule has 0 aromatic carbocycles. The summed E-state index contributed by atoms with van der Waals surface area (Å²) in [5.41, 5.74) is 1.62. The van der Waals surface area contributed by atoms with Crippen LogP contribution < -0.4 is 5.32 Å². The summed E-state index contributed by atoms with van der Waals surface area (Å²) in [6, 6.07) is 0. The van der Waals surface area contributed by atoms with Gasteiger partial charge in [0.1, 0.15) is 5.00 Å². The molecule has 4 nitrogen and oxygen atoms in total. The van der Waals surface area contributed by atoms with E-state index in [1.807, 2.05) is 6.92 Å². The number of carbonyl (C=O) groups excluding carboxylic acids is 1. The van der Waals surface area contributed by atoms with Gasteiger partial charge in [0.15, 0.2) is 5.78 Å². The van der Waals surface area contributed by atoms with Crippen LogP contribution in [0, 0.1) is 12.8 Å². The van der Waals surface area contributed by atoms with Gasteiger partial charge in [-0.2, -0.15) is 4.37 Å². The van der Waals surface area contributed by atoms with Gasteiger partial charge in [-0.05, 0) is 63.8 Å². The van der Waals surface area contributed by atoms with Gasteiger partial charge < -0.3 is 10.2 Å². The van der Waals surface area contributed by atoms with Crippen molar-refractivity contribution in [3.63, 3.8) is 0 Å². The van der Waals surface area contributed by atoms with E-state index in [0.717, 1.165) is 29.3 Å². The number of piperidine rings is 1. The minimum Gasteiger partial charge on any atom is -0.375 e. The third-order valence-electron chi connectivity index (χ3n) is 3.92. The summed E-state index contributed by atoms with van der Waals surface area (Å²) in [7, 11) is 0. The molecule has 1 aliphatic heterocycles. The molecule has 0 saturated carbocycles. The molecule has 1 aromatic rings. The number of rotatable bonds is 5. The first kappa shape index (κ1) is 14.5. The topological polar surface area (TPSA) is 45.2 Å². The minimum absolute atomic E-state index is 0.106. The summed E-state index contributed by atoms with van der Waals surface area (Å²) < 4.78 is 4.28. The number of Topliss-reactive ketones (excluding diaryl/α,β-unsaturated/α-hetero) is 1. The second-order valence-corrected chi connectivity index (χ2v) is 6.06. The van der Waals surface area contributed by atoms with Crippen LogP contribution in [0.2, 0.25) is 0 Å². The van der Waals surface area contributed by atoms with Gasteiger partial charge in [0, 0.05) is 6.54 Å². The number of carbonyl (C=O) groups is 1. The lowest BCUT2D eigenvalue weighted by atomic mass is 9.97. The van der Waals surface area contributed by atoms with Gasteiger partial charge in [-0.1, -0.05) is 6.92 Å². The highest BCUT2D eigenvalue weighted by Crippen LogP contribution is 2.26.